The number of alkyl halides is 3. The van der Waals surface area contributed by atoms with Crippen molar-refractivity contribution in [1.82, 2.24) is 14.8 Å². The molecule has 0 saturated heterocycles. The third-order valence-electron chi connectivity index (χ3n) is 3.21. The van der Waals surface area contributed by atoms with E-state index in [1.54, 1.807) is 0 Å². The van der Waals surface area contributed by atoms with Gasteiger partial charge in [-0.1, -0.05) is 11.6 Å². The second-order valence-electron chi connectivity index (χ2n) is 5.58. The molecule has 24 heavy (non-hydrogen) atoms. The van der Waals surface area contributed by atoms with Crippen LogP contribution in [0.25, 0.3) is 5.82 Å². The smallest absolute Gasteiger partial charge is 0.397 e. The van der Waals surface area contributed by atoms with Crippen molar-refractivity contribution in [2.75, 3.05) is 6.61 Å². The molecule has 0 aromatic carbocycles. The molecule has 2 heterocycles. The summed E-state index contributed by atoms with van der Waals surface area (Å²) in [6.07, 6.45) is -2.99. The van der Waals surface area contributed by atoms with Crippen molar-refractivity contribution < 1.29 is 27.8 Å². The number of halogens is 4. The van der Waals surface area contributed by atoms with Crippen LogP contribution in [0.15, 0.2) is 24.4 Å². The first-order valence-electron chi connectivity index (χ1n) is 6.67. The van der Waals surface area contributed by atoms with Gasteiger partial charge in [-0.25, -0.2) is 14.5 Å². The molecule has 0 aliphatic carbocycles. The Kier molecular flexibility index (Phi) is 4.75. The molecule has 2 aromatic heterocycles. The number of carbonyl (C=O) groups is 1. The highest BCUT2D eigenvalue weighted by atomic mass is 35.5. The second kappa shape index (κ2) is 6.31. The van der Waals surface area contributed by atoms with E-state index in [0.29, 0.717) is 0 Å². The fourth-order valence-corrected chi connectivity index (χ4v) is 1.79. The quantitative estimate of drug-likeness (QED) is 0.821. The van der Waals surface area contributed by atoms with Crippen LogP contribution < -0.4 is 4.74 Å². The van der Waals surface area contributed by atoms with Gasteiger partial charge in [0, 0.05) is 12.3 Å². The standard InChI is InChI=1S/C14H13ClF3N3O3/c1-13(2,14(16,17)18)7-24-10-5-6-21(20-10)9-4-3-8(12(22)23)11(15)19-9/h3-6H,7H2,1-2H3,(H,22,23). The number of carboxylic acid groups (broad SMARTS) is 1. The molecular weight excluding hydrogens is 351 g/mol. The summed E-state index contributed by atoms with van der Waals surface area (Å²) in [4.78, 5) is 14.8. The van der Waals surface area contributed by atoms with Gasteiger partial charge in [0.2, 0.25) is 5.88 Å². The van der Waals surface area contributed by atoms with Gasteiger partial charge in [0.1, 0.15) is 11.8 Å². The number of carboxylic acids is 1. The molecule has 10 heteroatoms. The SMILES string of the molecule is CC(C)(COc1ccn(-c2ccc(C(=O)O)c(Cl)n2)n1)C(F)(F)F. The lowest BCUT2D eigenvalue weighted by Crippen LogP contribution is -2.37. The maximum atomic E-state index is 12.8. The van der Waals surface area contributed by atoms with E-state index in [2.05, 4.69) is 10.1 Å². The lowest BCUT2D eigenvalue weighted by atomic mass is 9.94. The molecule has 0 fully saturated rings. The molecule has 1 N–H and O–H groups in total. The van der Waals surface area contributed by atoms with Gasteiger partial charge in [-0.3, -0.25) is 0 Å². The molecule has 2 rings (SSSR count). The largest absolute Gasteiger partial charge is 0.478 e. The Labute approximate surface area is 139 Å². The third kappa shape index (κ3) is 3.78. The maximum Gasteiger partial charge on any atom is 0.397 e. The Morgan fingerprint density at radius 2 is 2.00 bits per heavy atom. The summed E-state index contributed by atoms with van der Waals surface area (Å²) in [6, 6.07) is 3.99. The minimum atomic E-state index is -4.41. The zero-order valence-electron chi connectivity index (χ0n) is 12.6. The first-order valence-corrected chi connectivity index (χ1v) is 7.04. The number of aromatic carboxylic acids is 1. The Morgan fingerprint density at radius 1 is 1.33 bits per heavy atom. The topological polar surface area (TPSA) is 77.2 Å². The Morgan fingerprint density at radius 3 is 2.54 bits per heavy atom. The lowest BCUT2D eigenvalue weighted by Gasteiger charge is -2.26. The van der Waals surface area contributed by atoms with Crippen molar-refractivity contribution in [3.05, 3.63) is 35.1 Å². The van der Waals surface area contributed by atoms with E-state index >= 15 is 0 Å². The summed E-state index contributed by atoms with van der Waals surface area (Å²) in [7, 11) is 0. The van der Waals surface area contributed by atoms with Crippen molar-refractivity contribution in [2.45, 2.75) is 20.0 Å². The maximum absolute atomic E-state index is 12.8. The summed E-state index contributed by atoms with van der Waals surface area (Å²) in [5, 5.41) is 12.6. The minimum absolute atomic E-state index is 0.0208. The number of rotatable bonds is 5. The van der Waals surface area contributed by atoms with Crippen LogP contribution in [0.3, 0.4) is 0 Å². The molecule has 2 aromatic rings. The van der Waals surface area contributed by atoms with Crippen molar-refractivity contribution >= 4 is 17.6 Å². The third-order valence-corrected chi connectivity index (χ3v) is 3.50. The van der Waals surface area contributed by atoms with Crippen LogP contribution in [0.2, 0.25) is 5.15 Å². The fourth-order valence-electron chi connectivity index (χ4n) is 1.56. The van der Waals surface area contributed by atoms with Gasteiger partial charge in [-0.15, -0.1) is 5.10 Å². The molecular formula is C14H13ClF3N3O3. The van der Waals surface area contributed by atoms with Gasteiger partial charge in [0.25, 0.3) is 0 Å². The van der Waals surface area contributed by atoms with Crippen LogP contribution in [-0.4, -0.2) is 38.6 Å². The first-order chi connectivity index (χ1) is 11.0. The van der Waals surface area contributed by atoms with Gasteiger partial charge >= 0.3 is 12.1 Å². The van der Waals surface area contributed by atoms with E-state index in [1.165, 1.54) is 29.1 Å². The zero-order valence-corrected chi connectivity index (χ0v) is 13.4. The summed E-state index contributed by atoms with van der Waals surface area (Å²) < 4.78 is 44.6. The second-order valence-corrected chi connectivity index (χ2v) is 5.94. The molecule has 0 saturated carbocycles. The Bertz CT molecular complexity index is 759. The molecule has 0 aliphatic heterocycles. The van der Waals surface area contributed by atoms with Crippen molar-refractivity contribution in [3.63, 3.8) is 0 Å². The highest BCUT2D eigenvalue weighted by molar-refractivity contribution is 6.32. The summed E-state index contributed by atoms with van der Waals surface area (Å²) >= 11 is 5.76. The molecule has 0 atom stereocenters. The molecule has 0 spiro atoms. The Balaban J connectivity index is 2.14. The van der Waals surface area contributed by atoms with Crippen LogP contribution >= 0.6 is 11.6 Å². The van der Waals surface area contributed by atoms with Crippen molar-refractivity contribution in [1.29, 1.82) is 0 Å². The molecule has 6 nitrogen and oxygen atoms in total. The summed E-state index contributed by atoms with van der Waals surface area (Å²) in [6.45, 7) is 1.45. The normalized spacial score (nSPS) is 12.2. The predicted molar refractivity (Wildman–Crippen MR) is 78.7 cm³/mol. The molecule has 0 amide bonds. The predicted octanol–water partition coefficient (Wildman–Crippen LogP) is 3.59. The molecule has 0 bridgehead atoms. The van der Waals surface area contributed by atoms with E-state index in [9.17, 15) is 18.0 Å². The van der Waals surface area contributed by atoms with E-state index in [1.807, 2.05) is 0 Å². The average molecular weight is 364 g/mol. The number of nitrogens with zero attached hydrogens (tertiary/aromatic N) is 3. The highest BCUT2D eigenvalue weighted by Crippen LogP contribution is 2.37. The van der Waals surface area contributed by atoms with Crippen molar-refractivity contribution in [3.8, 4) is 11.7 Å². The fraction of sp³-hybridized carbons (Fsp3) is 0.357. The monoisotopic (exact) mass is 363 g/mol. The Hall–Kier alpha value is -2.29. The van der Waals surface area contributed by atoms with Crippen LogP contribution in [0.1, 0.15) is 24.2 Å². The van der Waals surface area contributed by atoms with Gasteiger partial charge in [0.15, 0.2) is 5.82 Å². The van der Waals surface area contributed by atoms with Crippen molar-refractivity contribution in [2.24, 2.45) is 5.41 Å². The highest BCUT2D eigenvalue weighted by Gasteiger charge is 2.48. The van der Waals surface area contributed by atoms with Gasteiger partial charge in [0.05, 0.1) is 11.0 Å². The first kappa shape index (κ1) is 18.1. The van der Waals surface area contributed by atoms with E-state index in [0.717, 1.165) is 13.8 Å². The lowest BCUT2D eigenvalue weighted by molar-refractivity contribution is -0.219. The van der Waals surface area contributed by atoms with Crippen LogP contribution in [0.5, 0.6) is 5.88 Å². The van der Waals surface area contributed by atoms with E-state index < -0.39 is 24.2 Å². The number of ether oxygens (including phenoxy) is 1. The number of hydrogen-bond donors (Lipinski definition) is 1. The number of aromatic nitrogens is 3. The van der Waals surface area contributed by atoms with E-state index in [4.69, 9.17) is 21.4 Å². The molecule has 130 valence electrons. The van der Waals surface area contributed by atoms with Crippen LogP contribution in [-0.2, 0) is 0 Å². The molecule has 0 radical (unpaired) electrons. The molecule has 0 aliphatic rings. The number of hydrogen-bond acceptors (Lipinski definition) is 4. The average Bonchev–Trinajstić information content (AvgIpc) is 2.92. The van der Waals surface area contributed by atoms with Crippen LogP contribution in [0, 0.1) is 5.41 Å². The van der Waals surface area contributed by atoms with E-state index in [-0.39, 0.29) is 22.4 Å². The van der Waals surface area contributed by atoms with Crippen LogP contribution in [0.4, 0.5) is 13.2 Å². The number of pyridine rings is 1. The zero-order chi connectivity index (χ0) is 18.1. The minimum Gasteiger partial charge on any atom is -0.478 e. The van der Waals surface area contributed by atoms with Gasteiger partial charge < -0.3 is 9.84 Å². The summed E-state index contributed by atoms with van der Waals surface area (Å²) in [5.41, 5.74) is -2.20. The van der Waals surface area contributed by atoms with Gasteiger partial charge in [-0.2, -0.15) is 13.2 Å². The summed E-state index contributed by atoms with van der Waals surface area (Å²) in [5.74, 6) is -1.04. The van der Waals surface area contributed by atoms with Gasteiger partial charge in [-0.05, 0) is 26.0 Å². The molecule has 0 unspecified atom stereocenters.